The molecule has 2 N–H and O–H groups in total. The Balaban J connectivity index is 1.87. The molecule has 0 amide bonds. The third kappa shape index (κ3) is 2.52. The molecule has 0 aromatic carbocycles. The van der Waals surface area contributed by atoms with Gasteiger partial charge in [0.2, 0.25) is 0 Å². The van der Waals surface area contributed by atoms with Crippen LogP contribution in [-0.2, 0) is 11.3 Å². The van der Waals surface area contributed by atoms with Gasteiger partial charge in [-0.2, -0.15) is 0 Å². The fourth-order valence-electron chi connectivity index (χ4n) is 2.74. The number of rotatable bonds is 3. The molecule has 0 spiro atoms. The van der Waals surface area contributed by atoms with Crippen LogP contribution in [0.25, 0.3) is 10.2 Å². The third-order valence-electron chi connectivity index (χ3n) is 4.63. The first kappa shape index (κ1) is 14.7. The van der Waals surface area contributed by atoms with E-state index in [0.29, 0.717) is 12.4 Å². The molecule has 3 heterocycles. The van der Waals surface area contributed by atoms with Crippen LogP contribution in [0.2, 0.25) is 0 Å². The first-order valence-corrected chi connectivity index (χ1v) is 8.08. The summed E-state index contributed by atoms with van der Waals surface area (Å²) in [6.07, 6.45) is 1.14. The molecule has 1 saturated heterocycles. The number of fused-ring (bicyclic) bond motifs is 1. The van der Waals surface area contributed by atoms with Crippen LogP contribution in [0.4, 0.5) is 0 Å². The first-order valence-electron chi connectivity index (χ1n) is 7.26. The Morgan fingerprint density at radius 1 is 1.52 bits per heavy atom. The van der Waals surface area contributed by atoms with Gasteiger partial charge in [0.05, 0.1) is 18.0 Å². The SMILES string of the molecule is Cc1sc2nc(CNC3(C)CCOC3C)[nH]c(=O)c2c1C. The summed E-state index contributed by atoms with van der Waals surface area (Å²) in [5, 5.41) is 4.21. The summed E-state index contributed by atoms with van der Waals surface area (Å²) < 4.78 is 5.62. The standard InChI is InChI=1S/C15H21N3O2S/c1-8-9(2)21-14-12(8)13(19)17-11(18-14)7-16-15(4)5-6-20-10(15)3/h10,16H,5-7H2,1-4H3,(H,17,18,19). The predicted molar refractivity (Wildman–Crippen MR) is 85.0 cm³/mol. The van der Waals surface area contributed by atoms with E-state index in [2.05, 4.69) is 29.1 Å². The molecule has 6 heteroatoms. The lowest BCUT2D eigenvalue weighted by atomic mass is 9.95. The Hall–Kier alpha value is -1.24. The molecule has 21 heavy (non-hydrogen) atoms. The van der Waals surface area contributed by atoms with Crippen LogP contribution in [0.3, 0.4) is 0 Å². The maximum absolute atomic E-state index is 12.2. The van der Waals surface area contributed by atoms with Crippen molar-refractivity contribution in [3.63, 3.8) is 0 Å². The van der Waals surface area contributed by atoms with Crippen LogP contribution in [0.1, 0.15) is 36.5 Å². The average Bonchev–Trinajstić information content (AvgIpc) is 2.90. The predicted octanol–water partition coefficient (Wildman–Crippen LogP) is 2.26. The van der Waals surface area contributed by atoms with Gasteiger partial charge >= 0.3 is 0 Å². The normalized spacial score (nSPS) is 25.8. The topological polar surface area (TPSA) is 67.0 Å². The maximum Gasteiger partial charge on any atom is 0.259 e. The number of ether oxygens (including phenoxy) is 1. The quantitative estimate of drug-likeness (QED) is 0.913. The van der Waals surface area contributed by atoms with E-state index in [1.54, 1.807) is 11.3 Å². The first-order chi connectivity index (χ1) is 9.90. The summed E-state index contributed by atoms with van der Waals surface area (Å²) in [4.78, 5) is 21.7. The molecule has 1 aliphatic heterocycles. The lowest BCUT2D eigenvalue weighted by Crippen LogP contribution is -2.47. The number of hydrogen-bond donors (Lipinski definition) is 2. The third-order valence-corrected chi connectivity index (χ3v) is 5.74. The molecule has 0 aliphatic carbocycles. The highest BCUT2D eigenvalue weighted by atomic mass is 32.1. The Kier molecular flexibility index (Phi) is 3.63. The van der Waals surface area contributed by atoms with Gasteiger partial charge in [-0.15, -0.1) is 11.3 Å². The average molecular weight is 307 g/mol. The number of thiophene rings is 1. The van der Waals surface area contributed by atoms with E-state index < -0.39 is 0 Å². The molecule has 0 saturated carbocycles. The lowest BCUT2D eigenvalue weighted by molar-refractivity contribution is 0.0879. The van der Waals surface area contributed by atoms with Crippen molar-refractivity contribution >= 4 is 21.6 Å². The summed E-state index contributed by atoms with van der Waals surface area (Å²) in [6.45, 7) is 9.55. The summed E-state index contributed by atoms with van der Waals surface area (Å²) in [7, 11) is 0. The van der Waals surface area contributed by atoms with E-state index >= 15 is 0 Å². The summed E-state index contributed by atoms with van der Waals surface area (Å²) in [5.41, 5.74) is 0.932. The van der Waals surface area contributed by atoms with E-state index in [9.17, 15) is 4.79 Å². The Morgan fingerprint density at radius 2 is 2.29 bits per heavy atom. The van der Waals surface area contributed by atoms with Crippen molar-refractivity contribution in [2.45, 2.75) is 52.3 Å². The zero-order chi connectivity index (χ0) is 15.2. The Bertz CT molecular complexity index is 736. The van der Waals surface area contributed by atoms with Crippen molar-refractivity contribution in [2.24, 2.45) is 0 Å². The van der Waals surface area contributed by atoms with Crippen LogP contribution in [0, 0.1) is 13.8 Å². The van der Waals surface area contributed by atoms with E-state index in [-0.39, 0.29) is 17.2 Å². The van der Waals surface area contributed by atoms with Gasteiger partial charge in [-0.25, -0.2) is 4.98 Å². The maximum atomic E-state index is 12.2. The molecular weight excluding hydrogens is 286 g/mol. The number of H-pyrrole nitrogens is 1. The number of aromatic nitrogens is 2. The molecule has 3 rings (SSSR count). The zero-order valence-corrected chi connectivity index (χ0v) is 13.7. The smallest absolute Gasteiger partial charge is 0.259 e. The van der Waals surface area contributed by atoms with Crippen LogP contribution in [-0.4, -0.2) is 28.2 Å². The van der Waals surface area contributed by atoms with Gasteiger partial charge in [-0.05, 0) is 39.7 Å². The molecule has 0 radical (unpaired) electrons. The van der Waals surface area contributed by atoms with E-state index in [0.717, 1.165) is 33.7 Å². The molecule has 2 aromatic rings. The summed E-state index contributed by atoms with van der Waals surface area (Å²) >= 11 is 1.58. The van der Waals surface area contributed by atoms with Crippen molar-refractivity contribution in [3.8, 4) is 0 Å². The fraction of sp³-hybridized carbons (Fsp3) is 0.600. The lowest BCUT2D eigenvalue weighted by Gasteiger charge is -2.28. The number of aromatic amines is 1. The van der Waals surface area contributed by atoms with Crippen LogP contribution < -0.4 is 10.9 Å². The minimum atomic E-state index is -0.0607. The minimum Gasteiger partial charge on any atom is -0.377 e. The van der Waals surface area contributed by atoms with Gasteiger partial charge in [0.15, 0.2) is 0 Å². The van der Waals surface area contributed by atoms with Gasteiger partial charge in [-0.1, -0.05) is 0 Å². The number of aryl methyl sites for hydroxylation is 2. The second-order valence-corrected chi connectivity index (χ2v) is 7.21. The van der Waals surface area contributed by atoms with E-state index in [1.807, 2.05) is 13.8 Å². The number of hydrogen-bond acceptors (Lipinski definition) is 5. The van der Waals surface area contributed by atoms with Crippen LogP contribution in [0.5, 0.6) is 0 Å². The second kappa shape index (κ2) is 5.19. The highest BCUT2D eigenvalue weighted by Gasteiger charge is 2.36. The minimum absolute atomic E-state index is 0.0421. The van der Waals surface area contributed by atoms with E-state index in [1.165, 1.54) is 0 Å². The second-order valence-electron chi connectivity index (χ2n) is 6.01. The van der Waals surface area contributed by atoms with Gasteiger partial charge in [0.25, 0.3) is 5.56 Å². The van der Waals surface area contributed by atoms with Crippen molar-refractivity contribution < 1.29 is 4.74 Å². The molecule has 1 aliphatic rings. The van der Waals surface area contributed by atoms with Crippen molar-refractivity contribution in [2.75, 3.05) is 6.61 Å². The summed E-state index contributed by atoms with van der Waals surface area (Å²) in [5.74, 6) is 0.689. The van der Waals surface area contributed by atoms with Gasteiger partial charge in [0, 0.05) is 17.0 Å². The van der Waals surface area contributed by atoms with Gasteiger partial charge in [-0.3, -0.25) is 4.79 Å². The monoisotopic (exact) mass is 307 g/mol. The van der Waals surface area contributed by atoms with Crippen molar-refractivity contribution in [1.82, 2.24) is 15.3 Å². The largest absolute Gasteiger partial charge is 0.377 e. The molecule has 114 valence electrons. The molecule has 1 fully saturated rings. The Morgan fingerprint density at radius 3 is 2.95 bits per heavy atom. The highest BCUT2D eigenvalue weighted by Crippen LogP contribution is 2.27. The number of nitrogens with one attached hydrogen (secondary N) is 2. The van der Waals surface area contributed by atoms with Crippen molar-refractivity contribution in [1.29, 1.82) is 0 Å². The Labute approximate surface area is 127 Å². The highest BCUT2D eigenvalue weighted by molar-refractivity contribution is 7.18. The van der Waals surface area contributed by atoms with Crippen LogP contribution >= 0.6 is 11.3 Å². The zero-order valence-electron chi connectivity index (χ0n) is 12.9. The van der Waals surface area contributed by atoms with Crippen molar-refractivity contribution in [3.05, 3.63) is 26.6 Å². The summed E-state index contributed by atoms with van der Waals surface area (Å²) in [6, 6.07) is 0. The molecule has 2 aromatic heterocycles. The molecule has 5 nitrogen and oxygen atoms in total. The van der Waals surface area contributed by atoms with E-state index in [4.69, 9.17) is 4.74 Å². The molecular formula is C15H21N3O2S. The molecule has 2 unspecified atom stereocenters. The van der Waals surface area contributed by atoms with Gasteiger partial charge < -0.3 is 15.0 Å². The number of nitrogens with zero attached hydrogens (tertiary/aromatic N) is 1. The van der Waals surface area contributed by atoms with Gasteiger partial charge in [0.1, 0.15) is 10.7 Å². The molecule has 0 bridgehead atoms. The fourth-order valence-corrected chi connectivity index (χ4v) is 3.78. The molecule has 2 atom stereocenters. The van der Waals surface area contributed by atoms with Crippen LogP contribution in [0.15, 0.2) is 4.79 Å².